The second kappa shape index (κ2) is 6.02. The molecular weight excluding hydrogens is 240 g/mol. The molecule has 0 spiro atoms. The molecule has 0 aromatic carbocycles. The first-order valence-electron chi connectivity index (χ1n) is 6.80. The van der Waals surface area contributed by atoms with Crippen molar-refractivity contribution in [3.63, 3.8) is 0 Å². The molecule has 0 bridgehead atoms. The minimum atomic E-state index is -0.388. The zero-order valence-electron chi connectivity index (χ0n) is 11.6. The highest BCUT2D eigenvalue weighted by Crippen LogP contribution is 2.13. The molecule has 5 nitrogen and oxygen atoms in total. The van der Waals surface area contributed by atoms with Gasteiger partial charge in [-0.3, -0.25) is 4.79 Å². The highest BCUT2D eigenvalue weighted by atomic mass is 16.2. The van der Waals surface area contributed by atoms with Crippen LogP contribution in [-0.2, 0) is 4.79 Å². The van der Waals surface area contributed by atoms with E-state index in [-0.39, 0.29) is 17.9 Å². The van der Waals surface area contributed by atoms with Gasteiger partial charge in [-0.1, -0.05) is 19.9 Å². The summed E-state index contributed by atoms with van der Waals surface area (Å²) in [5.74, 6) is 1.22. The van der Waals surface area contributed by atoms with Gasteiger partial charge in [-0.2, -0.15) is 0 Å². The first-order chi connectivity index (χ1) is 9.09. The molecule has 1 saturated heterocycles. The molecule has 2 rings (SSSR count). The van der Waals surface area contributed by atoms with Crippen molar-refractivity contribution >= 4 is 11.7 Å². The van der Waals surface area contributed by atoms with E-state index in [1.165, 1.54) is 0 Å². The third kappa shape index (κ3) is 3.23. The maximum Gasteiger partial charge on any atom is 0.239 e. The molecule has 0 saturated carbocycles. The topological polar surface area (TPSA) is 62.5 Å². The zero-order valence-corrected chi connectivity index (χ0v) is 11.6. The zero-order chi connectivity index (χ0) is 13.8. The molecule has 19 heavy (non-hydrogen) atoms. The Morgan fingerprint density at radius 2 is 1.95 bits per heavy atom. The fourth-order valence-electron chi connectivity index (χ4n) is 2.19. The molecule has 1 aliphatic rings. The lowest BCUT2D eigenvalue weighted by Gasteiger charge is -2.37. The van der Waals surface area contributed by atoms with Crippen molar-refractivity contribution in [3.05, 3.63) is 24.4 Å². The Hall–Kier alpha value is -1.62. The normalized spacial score (nSPS) is 17.7. The van der Waals surface area contributed by atoms with Gasteiger partial charge in [0.25, 0.3) is 0 Å². The molecule has 1 aromatic heterocycles. The number of carbonyl (C=O) groups is 1. The first kappa shape index (κ1) is 13.8. The number of nitrogens with two attached hydrogens (primary N) is 1. The Morgan fingerprint density at radius 1 is 1.26 bits per heavy atom. The number of aromatic nitrogens is 1. The molecule has 1 aromatic rings. The lowest BCUT2D eigenvalue weighted by atomic mass is 10.0. The molecule has 1 fully saturated rings. The Kier molecular flexibility index (Phi) is 4.37. The summed E-state index contributed by atoms with van der Waals surface area (Å²) in [6, 6.07) is 5.50. The highest BCUT2D eigenvalue weighted by molar-refractivity contribution is 5.82. The predicted molar refractivity (Wildman–Crippen MR) is 75.8 cm³/mol. The highest BCUT2D eigenvalue weighted by Gasteiger charge is 2.27. The molecule has 0 unspecified atom stereocenters. The predicted octanol–water partition coefficient (Wildman–Crippen LogP) is 0.714. The van der Waals surface area contributed by atoms with E-state index in [1.54, 1.807) is 6.20 Å². The van der Waals surface area contributed by atoms with Gasteiger partial charge in [-0.25, -0.2) is 4.98 Å². The second-order valence-electron chi connectivity index (χ2n) is 5.27. The summed E-state index contributed by atoms with van der Waals surface area (Å²) >= 11 is 0. The fourth-order valence-corrected chi connectivity index (χ4v) is 2.19. The van der Waals surface area contributed by atoms with Crippen LogP contribution in [0, 0.1) is 5.92 Å². The summed E-state index contributed by atoms with van der Waals surface area (Å²) in [5, 5.41) is 0. The van der Waals surface area contributed by atoms with Gasteiger partial charge in [0, 0.05) is 32.4 Å². The molecule has 2 heterocycles. The van der Waals surface area contributed by atoms with Gasteiger partial charge in [-0.15, -0.1) is 0 Å². The van der Waals surface area contributed by atoms with Crippen LogP contribution in [0.3, 0.4) is 0 Å². The largest absolute Gasteiger partial charge is 0.353 e. The van der Waals surface area contributed by atoms with Crippen LogP contribution in [0.15, 0.2) is 24.4 Å². The SMILES string of the molecule is CC(C)[C@@H](N)C(=O)N1CCN(c2ccccn2)CC1. The van der Waals surface area contributed by atoms with Crippen LogP contribution in [-0.4, -0.2) is 48.0 Å². The van der Waals surface area contributed by atoms with Crippen LogP contribution in [0.4, 0.5) is 5.82 Å². The summed E-state index contributed by atoms with van der Waals surface area (Å²) in [5.41, 5.74) is 5.92. The van der Waals surface area contributed by atoms with E-state index in [2.05, 4.69) is 9.88 Å². The molecule has 1 atom stereocenters. The lowest BCUT2D eigenvalue weighted by molar-refractivity contribution is -0.133. The average Bonchev–Trinajstić information content (AvgIpc) is 2.46. The Bertz CT molecular complexity index is 413. The van der Waals surface area contributed by atoms with E-state index < -0.39 is 0 Å². The summed E-state index contributed by atoms with van der Waals surface area (Å²) < 4.78 is 0. The summed E-state index contributed by atoms with van der Waals surface area (Å²) in [6.45, 7) is 7.02. The van der Waals surface area contributed by atoms with Gasteiger partial charge in [0.1, 0.15) is 5.82 Å². The van der Waals surface area contributed by atoms with Crippen molar-refractivity contribution in [1.29, 1.82) is 0 Å². The molecule has 1 aliphatic heterocycles. The molecule has 0 aliphatic carbocycles. The van der Waals surface area contributed by atoms with Crippen LogP contribution in [0.25, 0.3) is 0 Å². The van der Waals surface area contributed by atoms with E-state index >= 15 is 0 Å². The summed E-state index contributed by atoms with van der Waals surface area (Å²) in [4.78, 5) is 20.5. The Labute approximate surface area is 114 Å². The van der Waals surface area contributed by atoms with Crippen molar-refractivity contribution in [3.8, 4) is 0 Å². The van der Waals surface area contributed by atoms with Crippen molar-refractivity contribution in [2.75, 3.05) is 31.1 Å². The number of anilines is 1. The van der Waals surface area contributed by atoms with Crippen LogP contribution in [0.5, 0.6) is 0 Å². The van der Waals surface area contributed by atoms with Crippen molar-refractivity contribution < 1.29 is 4.79 Å². The summed E-state index contributed by atoms with van der Waals surface area (Å²) in [6.07, 6.45) is 1.79. The smallest absolute Gasteiger partial charge is 0.239 e. The number of hydrogen-bond acceptors (Lipinski definition) is 4. The minimum absolute atomic E-state index is 0.0654. The van der Waals surface area contributed by atoms with Gasteiger partial charge >= 0.3 is 0 Å². The first-order valence-corrected chi connectivity index (χ1v) is 6.80. The molecule has 1 amide bonds. The molecule has 0 radical (unpaired) electrons. The van der Waals surface area contributed by atoms with Gasteiger partial charge in [-0.05, 0) is 18.1 Å². The van der Waals surface area contributed by atoms with Gasteiger partial charge in [0.05, 0.1) is 6.04 Å². The maximum absolute atomic E-state index is 12.1. The van der Waals surface area contributed by atoms with Gasteiger partial charge in [0.15, 0.2) is 0 Å². The summed E-state index contributed by atoms with van der Waals surface area (Å²) in [7, 11) is 0. The van der Waals surface area contributed by atoms with Crippen LogP contribution < -0.4 is 10.6 Å². The quantitative estimate of drug-likeness (QED) is 0.871. The van der Waals surface area contributed by atoms with Crippen molar-refractivity contribution in [2.45, 2.75) is 19.9 Å². The van der Waals surface area contributed by atoms with E-state index in [0.717, 1.165) is 32.0 Å². The number of pyridine rings is 1. The minimum Gasteiger partial charge on any atom is -0.353 e. The number of rotatable bonds is 3. The monoisotopic (exact) mass is 262 g/mol. The van der Waals surface area contributed by atoms with Gasteiger partial charge < -0.3 is 15.5 Å². The van der Waals surface area contributed by atoms with Crippen LogP contribution >= 0.6 is 0 Å². The van der Waals surface area contributed by atoms with Gasteiger partial charge in [0.2, 0.25) is 5.91 Å². The number of piperazine rings is 1. The maximum atomic E-state index is 12.1. The Morgan fingerprint density at radius 3 is 2.47 bits per heavy atom. The third-order valence-electron chi connectivity index (χ3n) is 3.57. The fraction of sp³-hybridized carbons (Fsp3) is 0.571. The third-order valence-corrected chi connectivity index (χ3v) is 3.57. The van der Waals surface area contributed by atoms with E-state index in [0.29, 0.717) is 0 Å². The standard InChI is InChI=1S/C14H22N4O/c1-11(2)13(15)14(19)18-9-7-17(8-10-18)12-5-3-4-6-16-12/h3-6,11,13H,7-10,15H2,1-2H3/t13-/m1/s1. The number of hydrogen-bond donors (Lipinski definition) is 1. The van der Waals surface area contributed by atoms with E-state index in [1.807, 2.05) is 36.9 Å². The lowest BCUT2D eigenvalue weighted by Crippen LogP contribution is -2.54. The van der Waals surface area contributed by atoms with Crippen LogP contribution in [0.1, 0.15) is 13.8 Å². The molecular formula is C14H22N4O. The van der Waals surface area contributed by atoms with E-state index in [4.69, 9.17) is 5.73 Å². The number of carbonyl (C=O) groups excluding carboxylic acids is 1. The van der Waals surface area contributed by atoms with Crippen molar-refractivity contribution in [1.82, 2.24) is 9.88 Å². The molecule has 104 valence electrons. The van der Waals surface area contributed by atoms with E-state index in [9.17, 15) is 4.79 Å². The van der Waals surface area contributed by atoms with Crippen LogP contribution in [0.2, 0.25) is 0 Å². The number of nitrogens with zero attached hydrogens (tertiary/aromatic N) is 3. The number of amides is 1. The second-order valence-corrected chi connectivity index (χ2v) is 5.27. The molecule has 2 N–H and O–H groups in total. The Balaban J connectivity index is 1.91. The average molecular weight is 262 g/mol. The molecule has 5 heteroatoms. The van der Waals surface area contributed by atoms with Crippen molar-refractivity contribution in [2.24, 2.45) is 11.7 Å².